The van der Waals surface area contributed by atoms with Crippen molar-refractivity contribution in [2.75, 3.05) is 5.32 Å². The van der Waals surface area contributed by atoms with Crippen LogP contribution in [0.3, 0.4) is 0 Å². The Kier molecular flexibility index (Phi) is 3.75. The summed E-state index contributed by atoms with van der Waals surface area (Å²) in [6.45, 7) is 0. The summed E-state index contributed by atoms with van der Waals surface area (Å²) in [5.41, 5.74) is 1.10. The lowest BCUT2D eigenvalue weighted by Crippen LogP contribution is -2.36. The summed E-state index contributed by atoms with van der Waals surface area (Å²) in [6, 6.07) is 7.26. The predicted molar refractivity (Wildman–Crippen MR) is 86.2 cm³/mol. The highest BCUT2D eigenvalue weighted by Gasteiger charge is 2.52. The molecule has 0 radical (unpaired) electrons. The van der Waals surface area contributed by atoms with Gasteiger partial charge in [-0.15, -0.1) is 0 Å². The fraction of sp³-hybridized carbons (Fsp3) is 0.353. The number of halogens is 1. The van der Waals surface area contributed by atoms with E-state index in [1.807, 2.05) is 12.1 Å². The standard InChI is InChI=1S/C17H16ClN3O2/c18-11-5-8-20-14(9-11)21-17(22)16-13-2-1-12(23-13)15(16)10-3-6-19-7-4-10/h3-9,12-13,15-16H,1-2H2,(H,20,21,22)/t12-,13+,15+,16+/m0/s1. The molecule has 4 heterocycles. The number of carbonyl (C=O) groups excluding carboxylic acids is 1. The van der Waals surface area contributed by atoms with Gasteiger partial charge in [0.15, 0.2) is 0 Å². The Hall–Kier alpha value is -1.98. The molecule has 6 heteroatoms. The number of hydrogen-bond donors (Lipinski definition) is 1. The summed E-state index contributed by atoms with van der Waals surface area (Å²) < 4.78 is 6.01. The molecule has 2 fully saturated rings. The first-order chi connectivity index (χ1) is 11.2. The Balaban J connectivity index is 1.59. The van der Waals surface area contributed by atoms with Gasteiger partial charge in [-0.3, -0.25) is 9.78 Å². The minimum atomic E-state index is -0.211. The third kappa shape index (κ3) is 2.71. The van der Waals surface area contributed by atoms with Crippen LogP contribution in [0, 0.1) is 5.92 Å². The number of carbonyl (C=O) groups is 1. The topological polar surface area (TPSA) is 64.1 Å². The molecule has 1 N–H and O–H groups in total. The maximum Gasteiger partial charge on any atom is 0.231 e. The smallest absolute Gasteiger partial charge is 0.231 e. The minimum Gasteiger partial charge on any atom is -0.373 e. The fourth-order valence-corrected chi connectivity index (χ4v) is 3.86. The number of aromatic nitrogens is 2. The van der Waals surface area contributed by atoms with Crippen LogP contribution in [0.15, 0.2) is 42.9 Å². The first-order valence-corrected chi connectivity index (χ1v) is 8.08. The van der Waals surface area contributed by atoms with E-state index in [4.69, 9.17) is 16.3 Å². The van der Waals surface area contributed by atoms with Crippen LogP contribution in [0.1, 0.15) is 24.3 Å². The molecule has 2 aliphatic rings. The van der Waals surface area contributed by atoms with Crippen LogP contribution < -0.4 is 5.32 Å². The quantitative estimate of drug-likeness (QED) is 0.940. The Bertz CT molecular complexity index is 725. The van der Waals surface area contributed by atoms with Gasteiger partial charge in [-0.1, -0.05) is 11.6 Å². The summed E-state index contributed by atoms with van der Waals surface area (Å²) in [7, 11) is 0. The minimum absolute atomic E-state index is 0.0302. The van der Waals surface area contributed by atoms with Crippen molar-refractivity contribution in [3.8, 4) is 0 Å². The Morgan fingerprint density at radius 1 is 1.17 bits per heavy atom. The van der Waals surface area contributed by atoms with Crippen LogP contribution in [0.25, 0.3) is 0 Å². The number of nitrogens with zero attached hydrogens (tertiary/aromatic N) is 2. The van der Waals surface area contributed by atoms with E-state index < -0.39 is 0 Å². The first-order valence-electron chi connectivity index (χ1n) is 7.70. The monoisotopic (exact) mass is 329 g/mol. The average Bonchev–Trinajstić information content (AvgIpc) is 3.16. The van der Waals surface area contributed by atoms with E-state index in [1.165, 1.54) is 0 Å². The van der Waals surface area contributed by atoms with Crippen molar-refractivity contribution in [3.05, 3.63) is 53.4 Å². The van der Waals surface area contributed by atoms with Gasteiger partial charge in [0.05, 0.1) is 18.1 Å². The molecule has 5 nitrogen and oxygen atoms in total. The SMILES string of the molecule is O=C(Nc1cc(Cl)ccn1)[C@H]1[C@H](c2ccncc2)[C@@H]2CC[C@H]1O2. The molecule has 0 spiro atoms. The molecule has 2 aromatic rings. The summed E-state index contributed by atoms with van der Waals surface area (Å²) in [5.74, 6) is 0.264. The van der Waals surface area contributed by atoms with Gasteiger partial charge in [0.2, 0.25) is 5.91 Å². The normalized spacial score (nSPS) is 28.7. The summed E-state index contributed by atoms with van der Waals surface area (Å²) in [6.07, 6.45) is 7.09. The van der Waals surface area contributed by atoms with Crippen molar-refractivity contribution in [3.63, 3.8) is 0 Å². The second-order valence-electron chi connectivity index (χ2n) is 5.97. The number of ether oxygens (including phenoxy) is 1. The van der Waals surface area contributed by atoms with E-state index in [0.717, 1.165) is 18.4 Å². The molecule has 0 aliphatic carbocycles. The van der Waals surface area contributed by atoms with Crippen molar-refractivity contribution >= 4 is 23.3 Å². The van der Waals surface area contributed by atoms with Crippen molar-refractivity contribution in [2.45, 2.75) is 31.0 Å². The summed E-state index contributed by atoms with van der Waals surface area (Å²) in [5, 5.41) is 3.43. The number of rotatable bonds is 3. The van der Waals surface area contributed by atoms with Gasteiger partial charge >= 0.3 is 0 Å². The lowest BCUT2D eigenvalue weighted by atomic mass is 9.75. The van der Waals surface area contributed by atoms with Crippen LogP contribution >= 0.6 is 11.6 Å². The number of fused-ring (bicyclic) bond motifs is 2. The summed E-state index contributed by atoms with van der Waals surface area (Å²) in [4.78, 5) is 21.0. The Labute approximate surface area is 139 Å². The molecule has 1 amide bonds. The lowest BCUT2D eigenvalue weighted by Gasteiger charge is -2.27. The molecule has 4 rings (SSSR count). The highest BCUT2D eigenvalue weighted by atomic mass is 35.5. The van der Waals surface area contributed by atoms with Crippen molar-refractivity contribution in [2.24, 2.45) is 5.92 Å². The second-order valence-corrected chi connectivity index (χ2v) is 6.41. The molecule has 2 saturated heterocycles. The largest absolute Gasteiger partial charge is 0.373 e. The highest BCUT2D eigenvalue weighted by molar-refractivity contribution is 6.30. The van der Waals surface area contributed by atoms with Crippen molar-refractivity contribution in [1.82, 2.24) is 9.97 Å². The zero-order valence-corrected chi connectivity index (χ0v) is 13.1. The molecule has 0 unspecified atom stereocenters. The van der Waals surface area contributed by atoms with Crippen LogP contribution in [0.2, 0.25) is 5.02 Å². The van der Waals surface area contributed by atoms with Gasteiger partial charge < -0.3 is 10.1 Å². The van der Waals surface area contributed by atoms with E-state index in [9.17, 15) is 4.79 Å². The van der Waals surface area contributed by atoms with Gasteiger partial charge in [-0.25, -0.2) is 4.98 Å². The third-order valence-electron chi connectivity index (χ3n) is 4.64. The number of amides is 1. The second kappa shape index (κ2) is 5.91. The Morgan fingerprint density at radius 3 is 2.74 bits per heavy atom. The third-order valence-corrected chi connectivity index (χ3v) is 4.88. The van der Waals surface area contributed by atoms with E-state index >= 15 is 0 Å². The maximum atomic E-state index is 12.8. The van der Waals surface area contributed by atoms with Gasteiger partial charge in [0.1, 0.15) is 5.82 Å². The fourth-order valence-electron chi connectivity index (χ4n) is 3.70. The molecule has 2 aromatic heterocycles. The molecular formula is C17H16ClN3O2. The highest BCUT2D eigenvalue weighted by Crippen LogP contribution is 2.49. The van der Waals surface area contributed by atoms with E-state index in [1.54, 1.807) is 30.7 Å². The molecule has 4 atom stereocenters. The zero-order valence-electron chi connectivity index (χ0n) is 12.4. The van der Waals surface area contributed by atoms with E-state index in [-0.39, 0.29) is 30.0 Å². The average molecular weight is 330 g/mol. The lowest BCUT2D eigenvalue weighted by molar-refractivity contribution is -0.121. The molecule has 0 saturated carbocycles. The van der Waals surface area contributed by atoms with Gasteiger partial charge in [0.25, 0.3) is 0 Å². The first kappa shape index (κ1) is 14.6. The molecule has 118 valence electrons. The van der Waals surface area contributed by atoms with Crippen LogP contribution in [-0.2, 0) is 9.53 Å². The summed E-state index contributed by atoms with van der Waals surface area (Å²) >= 11 is 5.95. The maximum absolute atomic E-state index is 12.8. The van der Waals surface area contributed by atoms with E-state index in [2.05, 4.69) is 15.3 Å². The van der Waals surface area contributed by atoms with Gasteiger partial charge in [-0.2, -0.15) is 0 Å². The number of hydrogen-bond acceptors (Lipinski definition) is 4. The zero-order chi connectivity index (χ0) is 15.8. The van der Waals surface area contributed by atoms with Crippen LogP contribution in [-0.4, -0.2) is 28.1 Å². The number of nitrogens with one attached hydrogen (secondary N) is 1. The van der Waals surface area contributed by atoms with Crippen molar-refractivity contribution in [1.29, 1.82) is 0 Å². The van der Waals surface area contributed by atoms with Gasteiger partial charge in [-0.05, 0) is 42.7 Å². The number of pyridine rings is 2. The van der Waals surface area contributed by atoms with Gasteiger partial charge in [0, 0.05) is 29.5 Å². The molecule has 2 aliphatic heterocycles. The molecular weight excluding hydrogens is 314 g/mol. The molecule has 23 heavy (non-hydrogen) atoms. The Morgan fingerprint density at radius 2 is 1.96 bits per heavy atom. The van der Waals surface area contributed by atoms with Crippen LogP contribution in [0.5, 0.6) is 0 Å². The number of anilines is 1. The molecule has 2 bridgehead atoms. The predicted octanol–water partition coefficient (Wildman–Crippen LogP) is 3.03. The van der Waals surface area contributed by atoms with Crippen molar-refractivity contribution < 1.29 is 9.53 Å². The molecule has 0 aromatic carbocycles. The van der Waals surface area contributed by atoms with E-state index in [0.29, 0.717) is 10.8 Å². The van der Waals surface area contributed by atoms with Crippen LogP contribution in [0.4, 0.5) is 5.82 Å².